The lowest BCUT2D eigenvalue weighted by atomic mass is 10.1. The van der Waals surface area contributed by atoms with Gasteiger partial charge in [-0.15, -0.1) is 0 Å². The molecule has 100 valence electrons. The molecule has 4 heteroatoms. The molecule has 2 heterocycles. The number of methoxy groups -OCH3 is 1. The Bertz CT molecular complexity index is 387. The second-order valence-corrected chi connectivity index (χ2v) is 4.99. The molecular weight excluding hydrogens is 228 g/mol. The first-order valence-electron chi connectivity index (χ1n) is 6.55. The zero-order valence-corrected chi connectivity index (χ0v) is 11.4. The lowest BCUT2D eigenvalue weighted by Crippen LogP contribution is -2.29. The molecule has 1 aromatic rings. The van der Waals surface area contributed by atoms with Crippen LogP contribution in [0.1, 0.15) is 37.6 Å². The molecule has 0 amide bonds. The molecule has 0 spiro atoms. The number of aromatic nitrogens is 1. The van der Waals surface area contributed by atoms with Crippen LogP contribution in [0.5, 0.6) is 5.75 Å². The SMILES string of the molecule is COc1ccc(CN[C@H]2CCOC2)nc1C(C)C. The Morgan fingerprint density at radius 1 is 1.50 bits per heavy atom. The lowest BCUT2D eigenvalue weighted by Gasteiger charge is -2.14. The summed E-state index contributed by atoms with van der Waals surface area (Å²) in [7, 11) is 1.69. The minimum Gasteiger partial charge on any atom is -0.495 e. The van der Waals surface area contributed by atoms with Gasteiger partial charge < -0.3 is 14.8 Å². The van der Waals surface area contributed by atoms with Gasteiger partial charge in [0, 0.05) is 19.2 Å². The van der Waals surface area contributed by atoms with Crippen molar-refractivity contribution in [2.75, 3.05) is 20.3 Å². The highest BCUT2D eigenvalue weighted by atomic mass is 16.5. The van der Waals surface area contributed by atoms with Crippen LogP contribution in [0.2, 0.25) is 0 Å². The van der Waals surface area contributed by atoms with Crippen molar-refractivity contribution in [2.24, 2.45) is 0 Å². The Morgan fingerprint density at radius 2 is 2.33 bits per heavy atom. The summed E-state index contributed by atoms with van der Waals surface area (Å²) in [5, 5.41) is 3.47. The molecule has 2 rings (SSSR count). The third-order valence-corrected chi connectivity index (χ3v) is 3.21. The van der Waals surface area contributed by atoms with Crippen LogP contribution in [0.3, 0.4) is 0 Å². The molecule has 1 aromatic heterocycles. The Hall–Kier alpha value is -1.13. The fourth-order valence-corrected chi connectivity index (χ4v) is 2.13. The molecule has 1 fully saturated rings. The van der Waals surface area contributed by atoms with E-state index in [4.69, 9.17) is 9.47 Å². The van der Waals surface area contributed by atoms with Gasteiger partial charge in [-0.3, -0.25) is 4.98 Å². The monoisotopic (exact) mass is 250 g/mol. The van der Waals surface area contributed by atoms with E-state index < -0.39 is 0 Å². The number of hydrogen-bond donors (Lipinski definition) is 1. The van der Waals surface area contributed by atoms with Gasteiger partial charge in [-0.05, 0) is 24.5 Å². The van der Waals surface area contributed by atoms with Crippen molar-refractivity contribution in [3.8, 4) is 5.75 Å². The summed E-state index contributed by atoms with van der Waals surface area (Å²) >= 11 is 0. The third kappa shape index (κ3) is 3.21. The second-order valence-electron chi connectivity index (χ2n) is 4.99. The van der Waals surface area contributed by atoms with Gasteiger partial charge in [-0.1, -0.05) is 13.8 Å². The smallest absolute Gasteiger partial charge is 0.140 e. The van der Waals surface area contributed by atoms with Crippen molar-refractivity contribution in [3.05, 3.63) is 23.5 Å². The molecule has 0 saturated carbocycles. The van der Waals surface area contributed by atoms with Crippen molar-refractivity contribution in [3.63, 3.8) is 0 Å². The second kappa shape index (κ2) is 6.16. The van der Waals surface area contributed by atoms with E-state index in [9.17, 15) is 0 Å². The van der Waals surface area contributed by atoms with E-state index in [1.165, 1.54) is 0 Å². The minimum absolute atomic E-state index is 0.370. The van der Waals surface area contributed by atoms with Gasteiger partial charge >= 0.3 is 0 Å². The molecule has 1 aliphatic rings. The summed E-state index contributed by atoms with van der Waals surface area (Å²) in [6.07, 6.45) is 1.09. The molecule has 0 radical (unpaired) electrons. The molecule has 18 heavy (non-hydrogen) atoms. The van der Waals surface area contributed by atoms with Gasteiger partial charge in [0.1, 0.15) is 5.75 Å². The van der Waals surface area contributed by atoms with Crippen LogP contribution >= 0.6 is 0 Å². The van der Waals surface area contributed by atoms with Gasteiger partial charge in [0.2, 0.25) is 0 Å². The van der Waals surface area contributed by atoms with Gasteiger partial charge in [0.25, 0.3) is 0 Å². The van der Waals surface area contributed by atoms with E-state index in [0.717, 1.165) is 43.3 Å². The summed E-state index contributed by atoms with van der Waals surface area (Å²) in [6, 6.07) is 4.49. The van der Waals surface area contributed by atoms with Crippen LogP contribution in [0.15, 0.2) is 12.1 Å². The van der Waals surface area contributed by atoms with Gasteiger partial charge in [0.15, 0.2) is 0 Å². The number of nitrogens with zero attached hydrogens (tertiary/aromatic N) is 1. The van der Waals surface area contributed by atoms with Crippen molar-refractivity contribution < 1.29 is 9.47 Å². The minimum atomic E-state index is 0.370. The lowest BCUT2D eigenvalue weighted by molar-refractivity contribution is 0.189. The largest absolute Gasteiger partial charge is 0.495 e. The van der Waals surface area contributed by atoms with E-state index >= 15 is 0 Å². The first-order chi connectivity index (χ1) is 8.70. The Labute approximate surface area is 109 Å². The molecule has 1 aliphatic heterocycles. The highest BCUT2D eigenvalue weighted by Crippen LogP contribution is 2.24. The summed E-state index contributed by atoms with van der Waals surface area (Å²) in [5.74, 6) is 1.24. The highest BCUT2D eigenvalue weighted by Gasteiger charge is 2.15. The maximum absolute atomic E-state index is 5.34. The predicted octanol–water partition coefficient (Wildman–Crippen LogP) is 2.09. The van der Waals surface area contributed by atoms with Crippen molar-refractivity contribution in [2.45, 2.75) is 38.8 Å². The fraction of sp³-hybridized carbons (Fsp3) is 0.643. The zero-order chi connectivity index (χ0) is 13.0. The van der Waals surface area contributed by atoms with E-state index in [0.29, 0.717) is 12.0 Å². The predicted molar refractivity (Wildman–Crippen MR) is 70.9 cm³/mol. The zero-order valence-electron chi connectivity index (χ0n) is 11.4. The van der Waals surface area contributed by atoms with E-state index in [1.807, 2.05) is 12.1 Å². The van der Waals surface area contributed by atoms with Crippen LogP contribution in [-0.4, -0.2) is 31.3 Å². The maximum Gasteiger partial charge on any atom is 0.140 e. The van der Waals surface area contributed by atoms with Crippen LogP contribution in [-0.2, 0) is 11.3 Å². The number of hydrogen-bond acceptors (Lipinski definition) is 4. The molecule has 0 aliphatic carbocycles. The van der Waals surface area contributed by atoms with Crippen molar-refractivity contribution >= 4 is 0 Å². The van der Waals surface area contributed by atoms with Gasteiger partial charge in [0.05, 0.1) is 25.1 Å². The Kier molecular flexibility index (Phi) is 4.55. The van der Waals surface area contributed by atoms with Crippen LogP contribution < -0.4 is 10.1 Å². The summed E-state index contributed by atoms with van der Waals surface area (Å²) < 4.78 is 10.7. The maximum atomic E-state index is 5.34. The number of ether oxygens (including phenoxy) is 2. The standard InChI is InChI=1S/C14H22N2O2/c1-10(2)14-13(17-3)5-4-11(16-14)8-15-12-6-7-18-9-12/h4-5,10,12,15H,6-9H2,1-3H3/t12-/m0/s1. The molecule has 0 bridgehead atoms. The summed E-state index contributed by atoms with van der Waals surface area (Å²) in [6.45, 7) is 6.73. The first kappa shape index (κ1) is 13.3. The summed E-state index contributed by atoms with van der Waals surface area (Å²) in [4.78, 5) is 4.68. The van der Waals surface area contributed by atoms with E-state index in [2.05, 4.69) is 24.1 Å². The normalized spacial score (nSPS) is 19.4. The quantitative estimate of drug-likeness (QED) is 0.869. The molecule has 4 nitrogen and oxygen atoms in total. The molecule has 1 saturated heterocycles. The molecule has 0 aromatic carbocycles. The van der Waals surface area contributed by atoms with Crippen LogP contribution in [0.4, 0.5) is 0 Å². The van der Waals surface area contributed by atoms with Crippen LogP contribution in [0.25, 0.3) is 0 Å². The van der Waals surface area contributed by atoms with Crippen molar-refractivity contribution in [1.29, 1.82) is 0 Å². The third-order valence-electron chi connectivity index (χ3n) is 3.21. The van der Waals surface area contributed by atoms with Gasteiger partial charge in [-0.2, -0.15) is 0 Å². The highest BCUT2D eigenvalue weighted by molar-refractivity contribution is 5.31. The van der Waals surface area contributed by atoms with Crippen LogP contribution in [0, 0.1) is 0 Å². The van der Waals surface area contributed by atoms with E-state index in [1.54, 1.807) is 7.11 Å². The van der Waals surface area contributed by atoms with Crippen molar-refractivity contribution in [1.82, 2.24) is 10.3 Å². The number of pyridine rings is 1. The first-order valence-corrected chi connectivity index (χ1v) is 6.55. The average Bonchev–Trinajstić information content (AvgIpc) is 2.89. The topological polar surface area (TPSA) is 43.4 Å². The van der Waals surface area contributed by atoms with Gasteiger partial charge in [-0.25, -0.2) is 0 Å². The fourth-order valence-electron chi connectivity index (χ4n) is 2.13. The number of nitrogens with one attached hydrogen (secondary N) is 1. The Morgan fingerprint density at radius 3 is 2.94 bits per heavy atom. The molecule has 1 atom stereocenters. The van der Waals surface area contributed by atoms with E-state index in [-0.39, 0.29) is 0 Å². The summed E-state index contributed by atoms with van der Waals surface area (Å²) in [5.41, 5.74) is 2.09. The average molecular weight is 250 g/mol. The molecule has 1 N–H and O–H groups in total. The number of rotatable bonds is 5. The molecule has 0 unspecified atom stereocenters. The molecular formula is C14H22N2O2. The Balaban J connectivity index is 2.01.